The third-order valence-electron chi connectivity index (χ3n) is 3.82. The van der Waals surface area contributed by atoms with Gasteiger partial charge in [-0.15, -0.1) is 0 Å². The largest absolute Gasteiger partial charge is 0.468 e. The number of nitrogens with zero attached hydrogens (tertiary/aromatic N) is 1. The molecule has 0 bridgehead atoms. The van der Waals surface area contributed by atoms with Crippen molar-refractivity contribution in [3.8, 4) is 0 Å². The van der Waals surface area contributed by atoms with Crippen LogP contribution < -0.4 is 4.90 Å². The first-order chi connectivity index (χ1) is 11.7. The monoisotopic (exact) mass is 349 g/mol. The number of ketones is 1. The Kier molecular flexibility index (Phi) is 5.35. The van der Waals surface area contributed by atoms with Crippen molar-refractivity contribution in [2.24, 2.45) is 5.41 Å². The lowest BCUT2D eigenvalue weighted by Crippen LogP contribution is -2.48. The van der Waals surface area contributed by atoms with E-state index in [0.29, 0.717) is 0 Å². The number of carbonyl (C=O) groups is 3. The molecular formula is C18H23NO6. The number of ether oxygens (including phenoxy) is 2. The van der Waals surface area contributed by atoms with Crippen LogP contribution in [0.15, 0.2) is 35.0 Å². The van der Waals surface area contributed by atoms with Crippen LogP contribution in [-0.2, 0) is 19.1 Å². The van der Waals surface area contributed by atoms with Gasteiger partial charge in [0.05, 0.1) is 19.9 Å². The molecule has 1 atom stereocenters. The summed E-state index contributed by atoms with van der Waals surface area (Å²) in [6.45, 7) is 5.20. The number of allylic oxidation sites excluding steroid dienone is 1. The number of anilines is 1. The Morgan fingerprint density at radius 1 is 1.36 bits per heavy atom. The maximum Gasteiger partial charge on any atom is 0.417 e. The normalized spacial score (nSPS) is 20.2. The van der Waals surface area contributed by atoms with Crippen molar-refractivity contribution >= 4 is 23.7 Å². The minimum atomic E-state index is -1.13. The van der Waals surface area contributed by atoms with Crippen molar-refractivity contribution < 1.29 is 28.3 Å². The Morgan fingerprint density at radius 3 is 2.56 bits per heavy atom. The van der Waals surface area contributed by atoms with Gasteiger partial charge in [0.1, 0.15) is 11.0 Å². The molecule has 0 aromatic carbocycles. The van der Waals surface area contributed by atoms with Gasteiger partial charge >= 0.3 is 12.1 Å². The summed E-state index contributed by atoms with van der Waals surface area (Å²) in [7, 11) is 1.28. The van der Waals surface area contributed by atoms with E-state index in [1.54, 1.807) is 32.9 Å². The lowest BCUT2D eigenvalue weighted by Gasteiger charge is -2.35. The van der Waals surface area contributed by atoms with E-state index in [1.165, 1.54) is 30.4 Å². The molecule has 0 fully saturated rings. The average molecular weight is 349 g/mol. The Balaban J connectivity index is 2.36. The number of amides is 1. The third kappa shape index (κ3) is 4.49. The average Bonchev–Trinajstić information content (AvgIpc) is 3.06. The van der Waals surface area contributed by atoms with Gasteiger partial charge in [-0.1, -0.05) is 6.08 Å². The molecule has 136 valence electrons. The smallest absolute Gasteiger partial charge is 0.417 e. The molecule has 0 N–H and O–H groups in total. The maximum atomic E-state index is 12.6. The quantitative estimate of drug-likeness (QED) is 0.777. The van der Waals surface area contributed by atoms with Gasteiger partial charge < -0.3 is 13.9 Å². The maximum absolute atomic E-state index is 12.6. The number of hydrogen-bond donors (Lipinski definition) is 0. The van der Waals surface area contributed by atoms with E-state index in [-0.39, 0.29) is 31.1 Å². The molecule has 2 rings (SSSR count). The SMILES string of the molecule is COC(=O)C1(CN(C(=O)OC(C)(C)C)c2ccco2)C=CC(=O)CC1. The standard InChI is InChI=1S/C18H23NO6/c1-17(2,3)25-16(22)19(14-6-5-11-24-14)12-18(15(21)23-4)9-7-13(20)8-10-18/h5-7,9,11H,8,10,12H2,1-4H3. The fourth-order valence-electron chi connectivity index (χ4n) is 2.59. The van der Waals surface area contributed by atoms with Crippen LogP contribution >= 0.6 is 0 Å². The van der Waals surface area contributed by atoms with Crippen LogP contribution in [-0.4, -0.2) is 37.1 Å². The Bertz CT molecular complexity index is 670. The molecule has 7 nitrogen and oxygen atoms in total. The zero-order valence-corrected chi connectivity index (χ0v) is 14.9. The van der Waals surface area contributed by atoms with Crippen LogP contribution in [0.3, 0.4) is 0 Å². The molecule has 0 aliphatic heterocycles. The molecule has 0 saturated carbocycles. The van der Waals surface area contributed by atoms with Crippen LogP contribution in [0.2, 0.25) is 0 Å². The summed E-state index contributed by atoms with van der Waals surface area (Å²) >= 11 is 0. The second kappa shape index (κ2) is 7.13. The summed E-state index contributed by atoms with van der Waals surface area (Å²) in [5, 5.41) is 0. The van der Waals surface area contributed by atoms with Crippen LogP contribution in [0.25, 0.3) is 0 Å². The van der Waals surface area contributed by atoms with Crippen molar-refractivity contribution in [3.63, 3.8) is 0 Å². The molecule has 0 radical (unpaired) electrons. The molecule has 0 saturated heterocycles. The van der Waals surface area contributed by atoms with Gasteiger partial charge in [0.2, 0.25) is 5.88 Å². The van der Waals surface area contributed by atoms with Gasteiger partial charge in [-0.2, -0.15) is 0 Å². The summed E-state index contributed by atoms with van der Waals surface area (Å²) in [5.74, 6) is -0.333. The first kappa shape index (κ1) is 18.8. The van der Waals surface area contributed by atoms with Crippen LogP contribution in [0.5, 0.6) is 0 Å². The van der Waals surface area contributed by atoms with Crippen LogP contribution in [0.4, 0.5) is 10.7 Å². The van der Waals surface area contributed by atoms with Crippen LogP contribution in [0.1, 0.15) is 33.6 Å². The molecule has 1 unspecified atom stereocenters. The van der Waals surface area contributed by atoms with E-state index >= 15 is 0 Å². The van der Waals surface area contributed by atoms with Gasteiger partial charge in [-0.05, 0) is 39.3 Å². The lowest BCUT2D eigenvalue weighted by molar-refractivity contribution is -0.150. The van der Waals surface area contributed by atoms with E-state index in [1.807, 2.05) is 0 Å². The third-order valence-corrected chi connectivity index (χ3v) is 3.82. The zero-order chi connectivity index (χ0) is 18.7. The summed E-state index contributed by atoms with van der Waals surface area (Å²) in [6, 6.07) is 3.24. The first-order valence-corrected chi connectivity index (χ1v) is 8.01. The predicted octanol–water partition coefficient (Wildman–Crippen LogP) is 3.10. The van der Waals surface area contributed by atoms with E-state index in [2.05, 4.69) is 0 Å². The van der Waals surface area contributed by atoms with Crippen molar-refractivity contribution in [1.82, 2.24) is 0 Å². The van der Waals surface area contributed by atoms with Crippen molar-refractivity contribution in [1.29, 1.82) is 0 Å². The molecule has 1 heterocycles. The molecular weight excluding hydrogens is 326 g/mol. The van der Waals surface area contributed by atoms with Gasteiger partial charge in [-0.25, -0.2) is 9.69 Å². The molecule has 25 heavy (non-hydrogen) atoms. The number of rotatable bonds is 4. The summed E-state index contributed by atoms with van der Waals surface area (Å²) in [6.07, 6.45) is 4.09. The van der Waals surface area contributed by atoms with Crippen molar-refractivity contribution in [3.05, 3.63) is 30.5 Å². The second-order valence-corrected chi connectivity index (χ2v) is 6.97. The summed E-state index contributed by atoms with van der Waals surface area (Å²) < 4.78 is 15.7. The van der Waals surface area contributed by atoms with Gasteiger partial charge in [0.15, 0.2) is 5.78 Å². The number of methoxy groups -OCH3 is 1. The minimum Gasteiger partial charge on any atom is -0.468 e. The highest BCUT2D eigenvalue weighted by Crippen LogP contribution is 2.34. The number of carbonyl (C=O) groups excluding carboxylic acids is 3. The van der Waals surface area contributed by atoms with Gasteiger partial charge in [-0.3, -0.25) is 9.59 Å². The Labute approximate surface area is 146 Å². The molecule has 1 aliphatic rings. The Hall–Kier alpha value is -2.57. The van der Waals surface area contributed by atoms with Crippen molar-refractivity contribution in [2.45, 2.75) is 39.2 Å². The predicted molar refractivity (Wildman–Crippen MR) is 90.1 cm³/mol. The number of hydrogen-bond acceptors (Lipinski definition) is 6. The van der Waals surface area contributed by atoms with Crippen LogP contribution in [0, 0.1) is 5.41 Å². The number of esters is 1. The summed E-state index contributed by atoms with van der Waals surface area (Å²) in [4.78, 5) is 37.9. The molecule has 0 spiro atoms. The molecule has 1 aromatic heterocycles. The molecule has 1 aliphatic carbocycles. The summed E-state index contributed by atoms with van der Waals surface area (Å²) in [5.41, 5.74) is -1.84. The van der Waals surface area contributed by atoms with Crippen molar-refractivity contribution in [2.75, 3.05) is 18.6 Å². The lowest BCUT2D eigenvalue weighted by atomic mass is 9.78. The Morgan fingerprint density at radius 2 is 2.08 bits per heavy atom. The number of furan rings is 1. The fourth-order valence-corrected chi connectivity index (χ4v) is 2.59. The van der Waals surface area contributed by atoms with E-state index in [0.717, 1.165) is 0 Å². The van der Waals surface area contributed by atoms with Gasteiger partial charge in [0.25, 0.3) is 0 Å². The highest BCUT2D eigenvalue weighted by atomic mass is 16.6. The van der Waals surface area contributed by atoms with E-state index < -0.39 is 23.1 Å². The van der Waals surface area contributed by atoms with E-state index in [9.17, 15) is 14.4 Å². The highest BCUT2D eigenvalue weighted by Gasteiger charge is 2.43. The fraction of sp³-hybridized carbons (Fsp3) is 0.500. The topological polar surface area (TPSA) is 86.1 Å². The van der Waals surface area contributed by atoms with E-state index in [4.69, 9.17) is 13.9 Å². The minimum absolute atomic E-state index is 0.0497. The molecule has 1 amide bonds. The first-order valence-electron chi connectivity index (χ1n) is 8.01. The van der Waals surface area contributed by atoms with Gasteiger partial charge in [0, 0.05) is 12.5 Å². The zero-order valence-electron chi connectivity index (χ0n) is 14.9. The molecule has 1 aromatic rings. The molecule has 7 heteroatoms. The second-order valence-electron chi connectivity index (χ2n) is 6.97. The highest BCUT2D eigenvalue weighted by molar-refractivity contribution is 5.95.